The van der Waals surface area contributed by atoms with Crippen LogP contribution >= 0.6 is 0 Å². The molecule has 0 aliphatic carbocycles. The van der Waals surface area contributed by atoms with E-state index >= 15 is 0 Å². The lowest BCUT2D eigenvalue weighted by molar-refractivity contribution is 0.271. The van der Waals surface area contributed by atoms with Crippen molar-refractivity contribution < 1.29 is 4.74 Å². The van der Waals surface area contributed by atoms with Crippen molar-refractivity contribution >= 4 is 5.69 Å². The Bertz CT molecular complexity index is 369. The molecule has 0 radical (unpaired) electrons. The summed E-state index contributed by atoms with van der Waals surface area (Å²) in [7, 11) is 0. The summed E-state index contributed by atoms with van der Waals surface area (Å²) in [5, 5.41) is 7.53. The fourth-order valence-electron chi connectivity index (χ4n) is 1.66. The average Bonchev–Trinajstić information content (AvgIpc) is 2.40. The van der Waals surface area contributed by atoms with Crippen LogP contribution in [0.4, 0.5) is 5.69 Å². The molecule has 0 amide bonds. The maximum Gasteiger partial charge on any atom is 0.144 e. The molecular weight excluding hydrogens is 230 g/mol. The fourth-order valence-corrected chi connectivity index (χ4v) is 1.66. The van der Waals surface area contributed by atoms with E-state index in [1.807, 2.05) is 31.2 Å². The quantitative estimate of drug-likeness (QED) is 0.839. The Kier molecular flexibility index (Phi) is 6.14. The second-order valence-electron chi connectivity index (χ2n) is 4.01. The summed E-state index contributed by atoms with van der Waals surface area (Å²) in [5.74, 6) is 0.722. The molecule has 1 unspecified atom stereocenters. The van der Waals surface area contributed by atoms with E-state index in [0.29, 0.717) is 6.61 Å². The van der Waals surface area contributed by atoms with Crippen LogP contribution < -0.4 is 15.1 Å². The minimum Gasteiger partial charge on any atom is -0.489 e. The predicted octanol–water partition coefficient (Wildman–Crippen LogP) is 2.57. The highest BCUT2D eigenvalue weighted by Gasteiger charge is 2.24. The van der Waals surface area contributed by atoms with Gasteiger partial charge in [-0.3, -0.25) is 0 Å². The van der Waals surface area contributed by atoms with Crippen LogP contribution in [0.25, 0.3) is 0 Å². The van der Waals surface area contributed by atoms with Gasteiger partial charge in [-0.05, 0) is 32.1 Å². The lowest BCUT2D eigenvalue weighted by Crippen LogP contribution is -2.36. The molecule has 5 heteroatoms. The first-order valence-corrected chi connectivity index (χ1v) is 6.29. The molecule has 0 saturated heterocycles. The maximum absolute atomic E-state index is 10.6. The normalized spacial score (nSPS) is 17.1. The summed E-state index contributed by atoms with van der Waals surface area (Å²) in [4.78, 5) is 10.6. The van der Waals surface area contributed by atoms with E-state index in [9.17, 15) is 4.91 Å². The van der Waals surface area contributed by atoms with Gasteiger partial charge in [0, 0.05) is 0 Å². The Morgan fingerprint density at radius 3 is 2.61 bits per heavy atom. The maximum atomic E-state index is 10.6. The summed E-state index contributed by atoms with van der Waals surface area (Å²) in [6.07, 6.45) is 0. The van der Waals surface area contributed by atoms with Gasteiger partial charge in [0.15, 0.2) is 0 Å². The zero-order chi connectivity index (χ0) is 13.4. The Hall–Kier alpha value is -1.62. The van der Waals surface area contributed by atoms with Crippen molar-refractivity contribution in [1.29, 1.82) is 0 Å². The highest BCUT2D eigenvalue weighted by atomic mass is 16.5. The molecule has 1 atom stereocenters. The van der Waals surface area contributed by atoms with Crippen molar-refractivity contribution in [2.45, 2.75) is 26.8 Å². The number of benzene rings is 1. The first-order valence-electron chi connectivity index (χ1n) is 6.29. The third-order valence-corrected chi connectivity index (χ3v) is 2.60. The highest BCUT2D eigenvalue weighted by molar-refractivity contribution is 5.59. The van der Waals surface area contributed by atoms with Gasteiger partial charge in [0.1, 0.15) is 18.0 Å². The Balaban J connectivity index is 0.000000280. The molecule has 100 valence electrons. The third kappa shape index (κ3) is 3.70. The zero-order valence-corrected chi connectivity index (χ0v) is 11.2. The van der Waals surface area contributed by atoms with Gasteiger partial charge in [-0.15, -0.1) is 4.91 Å². The van der Waals surface area contributed by atoms with E-state index in [0.717, 1.165) is 24.5 Å². The molecule has 1 aromatic carbocycles. The average molecular weight is 251 g/mol. The number of nitroso groups, excluding NO2 is 1. The zero-order valence-electron chi connectivity index (χ0n) is 11.2. The van der Waals surface area contributed by atoms with Gasteiger partial charge in [-0.25, -0.2) is 5.01 Å². The van der Waals surface area contributed by atoms with Gasteiger partial charge in [0.2, 0.25) is 0 Å². The monoisotopic (exact) mass is 251 g/mol. The minimum absolute atomic E-state index is 0.00685. The van der Waals surface area contributed by atoms with Crippen molar-refractivity contribution in [3.05, 3.63) is 29.2 Å². The van der Waals surface area contributed by atoms with E-state index in [1.54, 1.807) is 0 Å². The van der Waals surface area contributed by atoms with Crippen LogP contribution in [0.5, 0.6) is 5.75 Å². The van der Waals surface area contributed by atoms with Crippen LogP contribution in [0, 0.1) is 4.91 Å². The summed E-state index contributed by atoms with van der Waals surface area (Å²) >= 11 is 0. The van der Waals surface area contributed by atoms with Crippen molar-refractivity contribution in [1.82, 2.24) is 5.32 Å². The van der Waals surface area contributed by atoms with E-state index in [-0.39, 0.29) is 6.04 Å². The Morgan fingerprint density at radius 2 is 2.06 bits per heavy atom. The van der Waals surface area contributed by atoms with Gasteiger partial charge in [0.25, 0.3) is 0 Å². The molecule has 1 N–H and O–H groups in total. The van der Waals surface area contributed by atoms with Crippen LogP contribution in [0.3, 0.4) is 0 Å². The Labute approximate surface area is 108 Å². The summed E-state index contributed by atoms with van der Waals surface area (Å²) in [6, 6.07) is 7.40. The predicted molar refractivity (Wildman–Crippen MR) is 73.9 cm³/mol. The van der Waals surface area contributed by atoms with Crippen LogP contribution in [0.2, 0.25) is 0 Å². The smallest absolute Gasteiger partial charge is 0.144 e. The van der Waals surface area contributed by atoms with Crippen molar-refractivity contribution in [2.75, 3.05) is 24.7 Å². The molecule has 1 aromatic rings. The standard InChI is InChI=1S/C9H10N2O2.C4H11N/c1-7-6-13-9-5-3-2-4-8(9)11(7)10-12;1-3-5-4-2/h2-5,7H,6H2,1H3;5H,3-4H2,1-2H3. The molecule has 5 nitrogen and oxygen atoms in total. The number of ether oxygens (including phenoxy) is 1. The van der Waals surface area contributed by atoms with E-state index in [1.165, 1.54) is 5.01 Å². The number of para-hydroxylation sites is 2. The summed E-state index contributed by atoms with van der Waals surface area (Å²) in [6.45, 7) is 8.79. The molecule has 18 heavy (non-hydrogen) atoms. The number of nitrogens with one attached hydrogen (secondary N) is 1. The lowest BCUT2D eigenvalue weighted by atomic mass is 10.2. The van der Waals surface area contributed by atoms with Gasteiger partial charge in [-0.1, -0.05) is 26.0 Å². The van der Waals surface area contributed by atoms with E-state index < -0.39 is 0 Å². The lowest BCUT2D eigenvalue weighted by Gasteiger charge is -2.29. The summed E-state index contributed by atoms with van der Waals surface area (Å²) < 4.78 is 5.43. The highest BCUT2D eigenvalue weighted by Crippen LogP contribution is 2.33. The Morgan fingerprint density at radius 1 is 1.39 bits per heavy atom. The SMILES string of the molecule is CC1COc2ccccc2N1N=O.CCNCC. The molecule has 0 bridgehead atoms. The molecular formula is C13H21N3O2. The van der Waals surface area contributed by atoms with E-state index in [4.69, 9.17) is 4.74 Å². The molecule has 0 saturated carbocycles. The molecule has 0 fully saturated rings. The first kappa shape index (κ1) is 14.4. The first-order chi connectivity index (χ1) is 8.74. The van der Waals surface area contributed by atoms with Crippen molar-refractivity contribution in [3.63, 3.8) is 0 Å². The number of fused-ring (bicyclic) bond motifs is 1. The molecule has 0 aromatic heterocycles. The van der Waals surface area contributed by atoms with Gasteiger partial charge in [0.05, 0.1) is 11.3 Å². The summed E-state index contributed by atoms with van der Waals surface area (Å²) in [5.41, 5.74) is 0.747. The largest absolute Gasteiger partial charge is 0.489 e. The second-order valence-corrected chi connectivity index (χ2v) is 4.01. The number of anilines is 1. The molecule has 0 spiro atoms. The van der Waals surface area contributed by atoms with Crippen LogP contribution in [-0.4, -0.2) is 25.7 Å². The van der Waals surface area contributed by atoms with Crippen LogP contribution in [0.1, 0.15) is 20.8 Å². The van der Waals surface area contributed by atoms with Crippen LogP contribution in [-0.2, 0) is 0 Å². The number of rotatable bonds is 3. The van der Waals surface area contributed by atoms with Gasteiger partial charge < -0.3 is 10.1 Å². The second kappa shape index (κ2) is 7.66. The molecule has 1 heterocycles. The van der Waals surface area contributed by atoms with Gasteiger partial charge >= 0.3 is 0 Å². The third-order valence-electron chi connectivity index (χ3n) is 2.60. The van der Waals surface area contributed by atoms with E-state index in [2.05, 4.69) is 24.5 Å². The van der Waals surface area contributed by atoms with Gasteiger partial charge in [-0.2, -0.15) is 0 Å². The number of hydrogen-bond donors (Lipinski definition) is 1. The number of hydrogen-bond acceptors (Lipinski definition) is 4. The minimum atomic E-state index is 0.00685. The number of nitrogens with zero attached hydrogens (tertiary/aromatic N) is 2. The van der Waals surface area contributed by atoms with Crippen molar-refractivity contribution in [3.8, 4) is 5.75 Å². The molecule has 1 aliphatic rings. The topological polar surface area (TPSA) is 53.9 Å². The molecule has 2 rings (SSSR count). The van der Waals surface area contributed by atoms with Crippen molar-refractivity contribution in [2.24, 2.45) is 5.29 Å². The fraction of sp³-hybridized carbons (Fsp3) is 0.538. The molecule has 1 aliphatic heterocycles. The van der Waals surface area contributed by atoms with Crippen LogP contribution in [0.15, 0.2) is 29.6 Å².